The van der Waals surface area contributed by atoms with Crippen LogP contribution in [0.5, 0.6) is 5.75 Å². The molecule has 120 valence electrons. The third-order valence-corrected chi connectivity index (χ3v) is 4.96. The zero-order valence-electron chi connectivity index (χ0n) is 12.9. The van der Waals surface area contributed by atoms with Crippen LogP contribution in [-0.2, 0) is 12.8 Å². The minimum absolute atomic E-state index is 0.0929. The second-order valence-electron chi connectivity index (χ2n) is 6.52. The Kier molecular flexibility index (Phi) is 3.52. The normalized spacial score (nSPS) is 23.0. The van der Waals surface area contributed by atoms with Crippen molar-refractivity contribution in [3.8, 4) is 5.75 Å². The van der Waals surface area contributed by atoms with Crippen LogP contribution in [0.15, 0.2) is 24.8 Å². The van der Waals surface area contributed by atoms with Gasteiger partial charge in [0.2, 0.25) is 0 Å². The molecule has 2 aromatic rings. The van der Waals surface area contributed by atoms with Crippen LogP contribution in [0.25, 0.3) is 0 Å². The highest BCUT2D eigenvalue weighted by atomic mass is 16.3. The molecule has 0 unspecified atom stereocenters. The van der Waals surface area contributed by atoms with Crippen molar-refractivity contribution in [1.82, 2.24) is 20.1 Å². The van der Waals surface area contributed by atoms with Crippen molar-refractivity contribution in [3.05, 3.63) is 41.5 Å². The summed E-state index contributed by atoms with van der Waals surface area (Å²) < 4.78 is 1.83. The van der Waals surface area contributed by atoms with E-state index in [1.165, 1.54) is 17.5 Å². The van der Waals surface area contributed by atoms with Crippen molar-refractivity contribution in [2.45, 2.75) is 50.6 Å². The molecule has 6 heteroatoms. The minimum atomic E-state index is -0.182. The Balaban J connectivity index is 1.42. The monoisotopic (exact) mass is 312 g/mol. The first-order valence-electron chi connectivity index (χ1n) is 8.20. The Morgan fingerprint density at radius 2 is 1.96 bits per heavy atom. The molecule has 1 amide bonds. The van der Waals surface area contributed by atoms with Crippen LogP contribution < -0.4 is 5.32 Å². The Hall–Kier alpha value is -2.37. The molecule has 0 saturated heterocycles. The molecule has 0 atom stereocenters. The average Bonchev–Trinajstić information content (AvgIpc) is 3.03. The van der Waals surface area contributed by atoms with Gasteiger partial charge in [-0.25, -0.2) is 9.67 Å². The predicted octanol–water partition coefficient (Wildman–Crippen LogP) is 2.00. The largest absolute Gasteiger partial charge is 0.507 e. The number of aromatic nitrogens is 3. The fraction of sp³-hybridized carbons (Fsp3) is 0.471. The zero-order valence-corrected chi connectivity index (χ0v) is 12.9. The van der Waals surface area contributed by atoms with Gasteiger partial charge in [-0.1, -0.05) is 0 Å². The summed E-state index contributed by atoms with van der Waals surface area (Å²) in [5.74, 6) is -0.0896. The van der Waals surface area contributed by atoms with Crippen LogP contribution in [-0.4, -0.2) is 31.8 Å². The fourth-order valence-electron chi connectivity index (χ4n) is 3.55. The topological polar surface area (TPSA) is 80.0 Å². The third-order valence-electron chi connectivity index (χ3n) is 4.96. The second kappa shape index (κ2) is 5.68. The Labute approximate surface area is 134 Å². The Bertz CT molecular complexity index is 720. The highest BCUT2D eigenvalue weighted by Crippen LogP contribution is 2.32. The van der Waals surface area contributed by atoms with E-state index < -0.39 is 0 Å². The number of hydrogen-bond donors (Lipinski definition) is 2. The molecule has 23 heavy (non-hydrogen) atoms. The van der Waals surface area contributed by atoms with Gasteiger partial charge in [-0.05, 0) is 61.8 Å². The lowest BCUT2D eigenvalue weighted by Gasteiger charge is -2.35. The molecular weight excluding hydrogens is 292 g/mol. The van der Waals surface area contributed by atoms with Crippen LogP contribution in [0.3, 0.4) is 0 Å². The standard InChI is InChI=1S/C17H20N4O2/c22-16-6-12-4-2-1-3-11(12)5-15(16)17(23)20-13-7-14(8-13)21-10-18-9-19-21/h5-6,9-10,13-14,22H,1-4,7-8H2,(H,20,23). The van der Waals surface area contributed by atoms with Gasteiger partial charge >= 0.3 is 0 Å². The number of fused-ring (bicyclic) bond motifs is 1. The Morgan fingerprint density at radius 1 is 1.22 bits per heavy atom. The fourth-order valence-corrected chi connectivity index (χ4v) is 3.55. The van der Waals surface area contributed by atoms with E-state index in [1.54, 1.807) is 12.4 Å². The molecule has 0 aliphatic heterocycles. The van der Waals surface area contributed by atoms with Gasteiger partial charge in [0, 0.05) is 6.04 Å². The molecule has 0 radical (unpaired) electrons. The van der Waals surface area contributed by atoms with Crippen LogP contribution in [0.1, 0.15) is 53.2 Å². The van der Waals surface area contributed by atoms with E-state index in [1.807, 2.05) is 10.7 Å². The average molecular weight is 312 g/mol. The van der Waals surface area contributed by atoms with Gasteiger partial charge < -0.3 is 10.4 Å². The number of aromatic hydroxyl groups is 1. The first-order valence-corrected chi connectivity index (χ1v) is 8.20. The molecule has 1 fully saturated rings. The molecular formula is C17H20N4O2. The number of rotatable bonds is 3. The number of phenols is 1. The number of benzene rings is 1. The molecule has 1 aromatic carbocycles. The van der Waals surface area contributed by atoms with Gasteiger partial charge in [-0.15, -0.1) is 0 Å². The second-order valence-corrected chi connectivity index (χ2v) is 6.52. The summed E-state index contributed by atoms with van der Waals surface area (Å²) in [7, 11) is 0. The maximum atomic E-state index is 12.4. The number of carbonyl (C=O) groups excluding carboxylic acids is 1. The lowest BCUT2D eigenvalue weighted by molar-refractivity contribution is 0.0885. The van der Waals surface area contributed by atoms with Crippen LogP contribution in [0.4, 0.5) is 0 Å². The molecule has 0 spiro atoms. The molecule has 2 N–H and O–H groups in total. The van der Waals surface area contributed by atoms with Crippen molar-refractivity contribution in [2.24, 2.45) is 0 Å². The summed E-state index contributed by atoms with van der Waals surface area (Å²) in [6, 6.07) is 4.07. The van der Waals surface area contributed by atoms with E-state index in [0.29, 0.717) is 11.6 Å². The maximum absolute atomic E-state index is 12.4. The van der Waals surface area contributed by atoms with E-state index >= 15 is 0 Å². The van der Waals surface area contributed by atoms with Gasteiger partial charge in [-0.2, -0.15) is 5.10 Å². The van der Waals surface area contributed by atoms with Gasteiger partial charge in [0.25, 0.3) is 5.91 Å². The predicted molar refractivity (Wildman–Crippen MR) is 84.3 cm³/mol. The van der Waals surface area contributed by atoms with Crippen LogP contribution in [0, 0.1) is 0 Å². The van der Waals surface area contributed by atoms with Crippen molar-refractivity contribution in [1.29, 1.82) is 0 Å². The molecule has 4 rings (SSSR count). The molecule has 2 aliphatic carbocycles. The summed E-state index contributed by atoms with van der Waals surface area (Å²) in [5.41, 5.74) is 2.78. The number of aryl methyl sites for hydroxylation is 2. The summed E-state index contributed by atoms with van der Waals surface area (Å²) >= 11 is 0. The van der Waals surface area contributed by atoms with Crippen molar-refractivity contribution in [3.63, 3.8) is 0 Å². The van der Waals surface area contributed by atoms with Gasteiger partial charge in [0.1, 0.15) is 18.4 Å². The molecule has 0 bridgehead atoms. The summed E-state index contributed by atoms with van der Waals surface area (Å²) in [6.07, 6.45) is 9.22. The van der Waals surface area contributed by atoms with Crippen molar-refractivity contribution in [2.75, 3.05) is 0 Å². The SMILES string of the molecule is O=C(NC1CC(n2cncn2)C1)c1cc2c(cc1O)CCCC2. The van der Waals surface area contributed by atoms with Gasteiger partial charge in [-0.3, -0.25) is 4.79 Å². The molecule has 1 saturated carbocycles. The quantitative estimate of drug-likeness (QED) is 0.908. The van der Waals surface area contributed by atoms with Crippen LogP contribution >= 0.6 is 0 Å². The van der Waals surface area contributed by atoms with E-state index in [-0.39, 0.29) is 17.7 Å². The number of hydrogen-bond acceptors (Lipinski definition) is 4. The number of carbonyl (C=O) groups is 1. The molecule has 1 aromatic heterocycles. The number of nitrogens with one attached hydrogen (secondary N) is 1. The number of phenolic OH excluding ortho intramolecular Hbond substituents is 1. The van der Waals surface area contributed by atoms with E-state index in [0.717, 1.165) is 38.5 Å². The molecule has 6 nitrogen and oxygen atoms in total. The van der Waals surface area contributed by atoms with Crippen LogP contribution in [0.2, 0.25) is 0 Å². The van der Waals surface area contributed by atoms with Gasteiger partial charge in [0.05, 0.1) is 11.6 Å². The number of amides is 1. The minimum Gasteiger partial charge on any atom is -0.507 e. The summed E-state index contributed by atoms with van der Waals surface area (Å²) in [5, 5.41) is 17.3. The molecule has 1 heterocycles. The highest BCUT2D eigenvalue weighted by Gasteiger charge is 2.32. The van der Waals surface area contributed by atoms with Gasteiger partial charge in [0.15, 0.2) is 0 Å². The Morgan fingerprint density at radius 3 is 2.65 bits per heavy atom. The maximum Gasteiger partial charge on any atom is 0.255 e. The summed E-state index contributed by atoms with van der Waals surface area (Å²) in [6.45, 7) is 0. The van der Waals surface area contributed by atoms with Crippen molar-refractivity contribution < 1.29 is 9.90 Å². The number of nitrogens with zero attached hydrogens (tertiary/aromatic N) is 3. The molecule has 2 aliphatic rings. The van der Waals surface area contributed by atoms with E-state index in [9.17, 15) is 9.90 Å². The highest BCUT2D eigenvalue weighted by molar-refractivity contribution is 5.97. The van der Waals surface area contributed by atoms with Crippen molar-refractivity contribution >= 4 is 5.91 Å². The first kappa shape index (κ1) is 14.2. The first-order chi connectivity index (χ1) is 11.2. The smallest absolute Gasteiger partial charge is 0.255 e. The van der Waals surface area contributed by atoms with E-state index in [2.05, 4.69) is 15.4 Å². The zero-order chi connectivity index (χ0) is 15.8. The third kappa shape index (κ3) is 2.69. The lowest BCUT2D eigenvalue weighted by Crippen LogP contribution is -2.45. The van der Waals surface area contributed by atoms with E-state index in [4.69, 9.17) is 0 Å². The summed E-state index contributed by atoms with van der Waals surface area (Å²) in [4.78, 5) is 16.4. The lowest BCUT2D eigenvalue weighted by atomic mass is 9.86.